The lowest BCUT2D eigenvalue weighted by molar-refractivity contribution is -0.204. The minimum atomic E-state index is -0.429. The van der Waals surface area contributed by atoms with Crippen molar-refractivity contribution in [3.05, 3.63) is 29.8 Å². The molecule has 3 aliphatic heterocycles. The number of esters is 1. The minimum absolute atomic E-state index is 0.0969. The van der Waals surface area contributed by atoms with Crippen LogP contribution in [0.2, 0.25) is 0 Å². The van der Waals surface area contributed by atoms with Crippen LogP contribution in [0.5, 0.6) is 0 Å². The van der Waals surface area contributed by atoms with E-state index >= 15 is 0 Å². The monoisotopic (exact) mass is 354 g/mol. The molecule has 0 radical (unpaired) electrons. The molecule has 7 rings (SSSR count). The zero-order valence-electron chi connectivity index (χ0n) is 15.2. The van der Waals surface area contributed by atoms with E-state index in [0.29, 0.717) is 12.5 Å². The van der Waals surface area contributed by atoms with Crippen molar-refractivity contribution in [2.45, 2.75) is 55.2 Å². The molecule has 138 valence electrons. The number of piperidine rings is 1. The molecule has 2 bridgehead atoms. The lowest BCUT2D eigenvalue weighted by Crippen LogP contribution is -2.80. The van der Waals surface area contributed by atoms with Gasteiger partial charge in [0.25, 0.3) is 0 Å². The van der Waals surface area contributed by atoms with Crippen LogP contribution in [0.4, 0.5) is 5.69 Å². The van der Waals surface area contributed by atoms with Gasteiger partial charge in [0.2, 0.25) is 0 Å². The summed E-state index contributed by atoms with van der Waals surface area (Å²) in [6, 6.07) is 8.91. The summed E-state index contributed by atoms with van der Waals surface area (Å²) in [5.74, 6) is -0.309. The molecule has 2 N–H and O–H groups in total. The summed E-state index contributed by atoms with van der Waals surface area (Å²) in [4.78, 5) is 15.6. The van der Waals surface area contributed by atoms with Crippen LogP contribution >= 0.6 is 0 Å². The quantitative estimate of drug-likeness (QED) is 0.755. The summed E-state index contributed by atoms with van der Waals surface area (Å²) in [7, 11) is 1.50. The van der Waals surface area contributed by atoms with Gasteiger partial charge in [-0.25, -0.2) is 0 Å². The summed E-state index contributed by atoms with van der Waals surface area (Å²) in [6.07, 6.45) is 4.21. The molecule has 0 unspecified atom stereocenters. The highest BCUT2D eigenvalue weighted by Gasteiger charge is 2.81. The Bertz CT molecular complexity index is 812. The fraction of sp³-hybridized carbons (Fsp3) is 0.667. The summed E-state index contributed by atoms with van der Waals surface area (Å²) >= 11 is 0. The second-order valence-electron chi connectivity index (χ2n) is 9.14. The second-order valence-corrected chi connectivity index (χ2v) is 9.14. The van der Waals surface area contributed by atoms with Crippen LogP contribution in [0.1, 0.15) is 37.7 Å². The lowest BCUT2D eigenvalue weighted by Gasteiger charge is -2.70. The Balaban J connectivity index is 1.66. The number of aliphatic hydroxyl groups is 1. The molecule has 5 nitrogen and oxygen atoms in total. The predicted molar refractivity (Wildman–Crippen MR) is 96.9 cm³/mol. The van der Waals surface area contributed by atoms with Crippen LogP contribution in [-0.4, -0.2) is 53.9 Å². The average molecular weight is 354 g/mol. The van der Waals surface area contributed by atoms with Gasteiger partial charge in [0.1, 0.15) is 0 Å². The molecule has 6 aliphatic rings. The van der Waals surface area contributed by atoms with Gasteiger partial charge in [-0.15, -0.1) is 0 Å². The van der Waals surface area contributed by atoms with E-state index in [9.17, 15) is 9.90 Å². The number of para-hydroxylation sites is 1. The highest BCUT2D eigenvalue weighted by atomic mass is 16.5. The van der Waals surface area contributed by atoms with Gasteiger partial charge in [-0.2, -0.15) is 0 Å². The van der Waals surface area contributed by atoms with Crippen LogP contribution in [-0.2, 0) is 14.9 Å². The molecule has 0 aromatic heterocycles. The number of anilines is 1. The normalized spacial score (nSPS) is 47.7. The number of ether oxygens (including phenoxy) is 1. The molecule has 2 saturated heterocycles. The van der Waals surface area contributed by atoms with Gasteiger partial charge >= 0.3 is 5.97 Å². The zero-order chi connectivity index (χ0) is 17.7. The summed E-state index contributed by atoms with van der Waals surface area (Å²) < 4.78 is 5.28. The van der Waals surface area contributed by atoms with Crippen LogP contribution < -0.4 is 5.32 Å². The van der Waals surface area contributed by atoms with Crippen molar-refractivity contribution in [2.24, 2.45) is 11.3 Å². The molecule has 3 heterocycles. The Morgan fingerprint density at radius 2 is 2.12 bits per heavy atom. The van der Waals surface area contributed by atoms with Crippen molar-refractivity contribution >= 4 is 11.7 Å². The maximum absolute atomic E-state index is 12.9. The number of aliphatic hydroxyl groups excluding tert-OH is 1. The number of hydrogen-bond acceptors (Lipinski definition) is 5. The van der Waals surface area contributed by atoms with Crippen molar-refractivity contribution < 1.29 is 14.6 Å². The average Bonchev–Trinajstić information content (AvgIpc) is 3.19. The van der Waals surface area contributed by atoms with E-state index in [1.807, 2.05) is 0 Å². The van der Waals surface area contributed by atoms with Gasteiger partial charge < -0.3 is 15.2 Å². The Morgan fingerprint density at radius 1 is 1.27 bits per heavy atom. The highest BCUT2D eigenvalue weighted by molar-refractivity contribution is 5.81. The van der Waals surface area contributed by atoms with Gasteiger partial charge in [0.05, 0.1) is 24.7 Å². The third-order valence-electron chi connectivity index (χ3n) is 8.66. The van der Waals surface area contributed by atoms with Gasteiger partial charge in [0, 0.05) is 22.6 Å². The van der Waals surface area contributed by atoms with Crippen LogP contribution in [0, 0.1) is 11.3 Å². The lowest BCUT2D eigenvalue weighted by atomic mass is 9.38. The Kier molecular flexibility index (Phi) is 2.75. The van der Waals surface area contributed by atoms with Crippen LogP contribution in [0.15, 0.2) is 24.3 Å². The molecule has 3 aliphatic carbocycles. The number of rotatable bonds is 1. The van der Waals surface area contributed by atoms with Gasteiger partial charge in [-0.05, 0) is 56.8 Å². The number of fused-ring (bicyclic) bond motifs is 3. The third kappa shape index (κ3) is 1.38. The Morgan fingerprint density at radius 3 is 2.96 bits per heavy atom. The smallest absolute Gasteiger partial charge is 0.311 e. The summed E-state index contributed by atoms with van der Waals surface area (Å²) in [5.41, 5.74) is 1.80. The number of nitrogens with one attached hydrogen (secondary N) is 1. The third-order valence-corrected chi connectivity index (χ3v) is 8.66. The standard InChI is InChI=1S/C21H26N2O3/c1-26-17(25)14-11-19-7-4-9-23-10-8-20(18(19)23)13-5-2-3-6-15(13)22-21(14,20)12-16(19)24/h2-3,5-6,14,16,18,22,24H,4,7-12H2,1H3/t14-,16-,18+,19+,20-,21-/m1/s1. The first kappa shape index (κ1) is 15.5. The Hall–Kier alpha value is -1.59. The van der Waals surface area contributed by atoms with E-state index in [4.69, 9.17) is 4.74 Å². The van der Waals surface area contributed by atoms with Gasteiger partial charge in [-0.3, -0.25) is 9.69 Å². The number of carbonyl (C=O) groups excluding carboxylic acids is 1. The van der Waals surface area contributed by atoms with E-state index in [2.05, 4.69) is 34.5 Å². The molecular weight excluding hydrogens is 328 g/mol. The van der Waals surface area contributed by atoms with E-state index in [-0.39, 0.29) is 28.8 Å². The SMILES string of the molecule is COC(=O)[C@H]1C[C@@]23CCCN4CC[C@@]5(c6ccccc6N[C@]15C[C@H]2O)[C@@H]43. The van der Waals surface area contributed by atoms with Gasteiger partial charge in [-0.1, -0.05) is 18.2 Å². The number of hydrogen-bond donors (Lipinski definition) is 2. The van der Waals surface area contributed by atoms with Crippen molar-refractivity contribution in [3.8, 4) is 0 Å². The number of methoxy groups -OCH3 is 1. The van der Waals surface area contributed by atoms with E-state index in [1.165, 1.54) is 12.7 Å². The fourth-order valence-electron chi connectivity index (χ4n) is 8.02. The second kappa shape index (κ2) is 4.63. The predicted octanol–water partition coefficient (Wildman–Crippen LogP) is 1.90. The van der Waals surface area contributed by atoms with Crippen molar-refractivity contribution in [3.63, 3.8) is 0 Å². The first-order valence-corrected chi connectivity index (χ1v) is 9.97. The van der Waals surface area contributed by atoms with Crippen molar-refractivity contribution in [1.82, 2.24) is 4.90 Å². The molecule has 0 amide bonds. The van der Waals surface area contributed by atoms with E-state index in [0.717, 1.165) is 44.5 Å². The molecule has 26 heavy (non-hydrogen) atoms. The highest BCUT2D eigenvalue weighted by Crippen LogP contribution is 2.74. The number of nitrogens with zero attached hydrogens (tertiary/aromatic N) is 1. The fourth-order valence-corrected chi connectivity index (χ4v) is 8.02. The van der Waals surface area contributed by atoms with Gasteiger partial charge in [0.15, 0.2) is 0 Å². The molecule has 1 aromatic carbocycles. The molecule has 3 saturated carbocycles. The maximum Gasteiger partial charge on any atom is 0.311 e. The molecule has 1 aromatic rings. The first-order chi connectivity index (χ1) is 12.6. The molecule has 5 fully saturated rings. The van der Waals surface area contributed by atoms with Crippen LogP contribution in [0.3, 0.4) is 0 Å². The topological polar surface area (TPSA) is 61.8 Å². The minimum Gasteiger partial charge on any atom is -0.469 e. The van der Waals surface area contributed by atoms with Crippen molar-refractivity contribution in [1.29, 1.82) is 0 Å². The van der Waals surface area contributed by atoms with Crippen LogP contribution in [0.25, 0.3) is 0 Å². The summed E-state index contributed by atoms with van der Waals surface area (Å²) in [6.45, 7) is 2.17. The summed E-state index contributed by atoms with van der Waals surface area (Å²) in [5, 5.41) is 15.1. The number of benzene rings is 1. The maximum atomic E-state index is 12.9. The number of carbonyl (C=O) groups is 1. The van der Waals surface area contributed by atoms with E-state index in [1.54, 1.807) is 0 Å². The Labute approximate surface area is 153 Å². The molecule has 5 heteroatoms. The van der Waals surface area contributed by atoms with E-state index < -0.39 is 5.54 Å². The largest absolute Gasteiger partial charge is 0.469 e. The molecular formula is C21H26N2O3. The first-order valence-electron chi connectivity index (χ1n) is 9.97. The zero-order valence-corrected chi connectivity index (χ0v) is 15.2. The molecule has 6 atom stereocenters. The van der Waals surface area contributed by atoms with Crippen molar-refractivity contribution in [2.75, 3.05) is 25.5 Å². The molecule has 3 spiro atoms.